The van der Waals surface area contributed by atoms with Gasteiger partial charge in [-0.15, -0.1) is 0 Å². The molecular formula is C17H23N3O4S. The minimum atomic E-state index is -3.03. The zero-order valence-electron chi connectivity index (χ0n) is 14.1. The third kappa shape index (κ3) is 4.58. The summed E-state index contributed by atoms with van der Waals surface area (Å²) < 4.78 is 23.0. The second-order valence-corrected chi connectivity index (χ2v) is 8.80. The molecule has 2 aliphatic rings. The van der Waals surface area contributed by atoms with Crippen molar-refractivity contribution in [3.8, 4) is 0 Å². The Morgan fingerprint density at radius 3 is 2.48 bits per heavy atom. The highest BCUT2D eigenvalue weighted by molar-refractivity contribution is 7.91. The first kappa shape index (κ1) is 17.9. The maximum atomic E-state index is 12.5. The lowest BCUT2D eigenvalue weighted by molar-refractivity contribution is -0.138. The number of benzene rings is 1. The van der Waals surface area contributed by atoms with E-state index in [0.717, 1.165) is 5.56 Å². The summed E-state index contributed by atoms with van der Waals surface area (Å²) in [6.45, 7) is 2.30. The molecule has 25 heavy (non-hydrogen) atoms. The van der Waals surface area contributed by atoms with Crippen LogP contribution in [0.2, 0.25) is 0 Å². The molecule has 2 heterocycles. The van der Waals surface area contributed by atoms with Crippen molar-refractivity contribution in [2.45, 2.75) is 19.0 Å². The fourth-order valence-electron chi connectivity index (χ4n) is 3.25. The first-order valence-corrected chi connectivity index (χ1v) is 10.3. The van der Waals surface area contributed by atoms with Crippen LogP contribution in [0.25, 0.3) is 0 Å². The zero-order valence-corrected chi connectivity index (χ0v) is 14.9. The van der Waals surface area contributed by atoms with Crippen LogP contribution in [0.3, 0.4) is 0 Å². The van der Waals surface area contributed by atoms with Crippen LogP contribution in [-0.2, 0) is 26.0 Å². The molecule has 1 atom stereocenters. The Morgan fingerprint density at radius 1 is 1.12 bits per heavy atom. The Labute approximate surface area is 147 Å². The van der Waals surface area contributed by atoms with Crippen LogP contribution in [0.5, 0.6) is 0 Å². The van der Waals surface area contributed by atoms with Crippen LogP contribution in [0.1, 0.15) is 12.0 Å². The molecule has 2 saturated heterocycles. The predicted molar refractivity (Wildman–Crippen MR) is 93.5 cm³/mol. The molecule has 7 nitrogen and oxygen atoms in total. The van der Waals surface area contributed by atoms with E-state index in [0.29, 0.717) is 19.6 Å². The van der Waals surface area contributed by atoms with Gasteiger partial charge in [0, 0.05) is 32.7 Å². The van der Waals surface area contributed by atoms with Crippen molar-refractivity contribution in [2.24, 2.45) is 0 Å². The lowest BCUT2D eigenvalue weighted by Crippen LogP contribution is -2.56. The van der Waals surface area contributed by atoms with E-state index in [1.807, 2.05) is 35.2 Å². The molecular weight excluding hydrogens is 342 g/mol. The molecule has 0 aromatic heterocycles. The van der Waals surface area contributed by atoms with Gasteiger partial charge in [0.25, 0.3) is 0 Å². The molecule has 2 aliphatic heterocycles. The standard InChI is InChI=1S/C17H23N3O4S/c21-16(19-8-10-25(23,24)11-9-19)12-15-17(22)18-6-7-20(15)13-14-4-2-1-3-5-14/h1-5,15H,6-13H2,(H,18,22). The van der Waals surface area contributed by atoms with Crippen molar-refractivity contribution in [2.75, 3.05) is 37.7 Å². The number of carbonyl (C=O) groups is 2. The second kappa shape index (κ2) is 7.53. The normalized spacial score (nSPS) is 23.9. The highest BCUT2D eigenvalue weighted by Crippen LogP contribution is 2.16. The summed E-state index contributed by atoms with van der Waals surface area (Å²) in [5.74, 6) is -0.290. The number of carbonyl (C=O) groups excluding carboxylic acids is 2. The monoisotopic (exact) mass is 365 g/mol. The summed E-state index contributed by atoms with van der Waals surface area (Å²) in [5, 5.41) is 2.82. The van der Waals surface area contributed by atoms with Crippen molar-refractivity contribution in [3.05, 3.63) is 35.9 Å². The number of nitrogens with one attached hydrogen (secondary N) is 1. The fourth-order valence-corrected chi connectivity index (χ4v) is 4.45. The molecule has 0 radical (unpaired) electrons. The van der Waals surface area contributed by atoms with E-state index >= 15 is 0 Å². The van der Waals surface area contributed by atoms with Crippen LogP contribution in [0, 0.1) is 0 Å². The van der Waals surface area contributed by atoms with Gasteiger partial charge < -0.3 is 10.2 Å². The van der Waals surface area contributed by atoms with E-state index in [9.17, 15) is 18.0 Å². The Bertz CT molecular complexity index is 722. The third-order valence-electron chi connectivity index (χ3n) is 4.74. The minimum absolute atomic E-state index is 0.00331. The molecule has 0 saturated carbocycles. The molecule has 0 bridgehead atoms. The molecule has 3 rings (SSSR count). The summed E-state index contributed by atoms with van der Waals surface area (Å²) in [7, 11) is -3.03. The number of sulfone groups is 1. The van der Waals surface area contributed by atoms with Crippen LogP contribution < -0.4 is 5.32 Å². The second-order valence-electron chi connectivity index (χ2n) is 6.50. The molecule has 2 amide bonds. The predicted octanol–water partition coefficient (Wildman–Crippen LogP) is -0.366. The first-order chi connectivity index (χ1) is 11.9. The quantitative estimate of drug-likeness (QED) is 0.787. The SMILES string of the molecule is O=C1NCCN(Cc2ccccc2)C1CC(=O)N1CCS(=O)(=O)CC1. The van der Waals surface area contributed by atoms with Crippen molar-refractivity contribution in [3.63, 3.8) is 0 Å². The molecule has 1 aromatic rings. The molecule has 1 N–H and O–H groups in total. The van der Waals surface area contributed by atoms with E-state index in [1.54, 1.807) is 4.90 Å². The Hall–Kier alpha value is -1.93. The summed E-state index contributed by atoms with van der Waals surface area (Å²) in [6.07, 6.45) is 0.0821. The average Bonchev–Trinajstić information content (AvgIpc) is 2.58. The molecule has 8 heteroatoms. The van der Waals surface area contributed by atoms with Crippen molar-refractivity contribution < 1.29 is 18.0 Å². The molecule has 2 fully saturated rings. The van der Waals surface area contributed by atoms with Gasteiger partial charge in [-0.3, -0.25) is 14.5 Å². The Kier molecular flexibility index (Phi) is 5.39. The smallest absolute Gasteiger partial charge is 0.237 e. The van der Waals surface area contributed by atoms with E-state index in [2.05, 4.69) is 5.32 Å². The average molecular weight is 365 g/mol. The van der Waals surface area contributed by atoms with Gasteiger partial charge in [0.05, 0.1) is 24.0 Å². The Morgan fingerprint density at radius 2 is 1.80 bits per heavy atom. The minimum Gasteiger partial charge on any atom is -0.353 e. The topological polar surface area (TPSA) is 86.8 Å². The van der Waals surface area contributed by atoms with Gasteiger partial charge in [-0.25, -0.2) is 8.42 Å². The summed E-state index contributed by atoms with van der Waals surface area (Å²) in [4.78, 5) is 28.4. The number of amides is 2. The highest BCUT2D eigenvalue weighted by atomic mass is 32.2. The van der Waals surface area contributed by atoms with Crippen molar-refractivity contribution >= 4 is 21.7 Å². The number of nitrogens with zero attached hydrogens (tertiary/aromatic N) is 2. The molecule has 136 valence electrons. The maximum absolute atomic E-state index is 12.5. The molecule has 0 spiro atoms. The van der Waals surface area contributed by atoms with Crippen LogP contribution in [0.15, 0.2) is 30.3 Å². The zero-order chi connectivity index (χ0) is 17.9. The third-order valence-corrected chi connectivity index (χ3v) is 6.34. The van der Waals surface area contributed by atoms with E-state index < -0.39 is 15.9 Å². The molecule has 1 aromatic carbocycles. The lowest BCUT2D eigenvalue weighted by atomic mass is 10.1. The van der Waals surface area contributed by atoms with Crippen LogP contribution in [0.4, 0.5) is 0 Å². The van der Waals surface area contributed by atoms with E-state index in [1.165, 1.54) is 0 Å². The fraction of sp³-hybridized carbons (Fsp3) is 0.529. The van der Waals surface area contributed by atoms with Gasteiger partial charge in [-0.2, -0.15) is 0 Å². The lowest BCUT2D eigenvalue weighted by Gasteiger charge is -2.36. The van der Waals surface area contributed by atoms with Gasteiger partial charge in [0.1, 0.15) is 0 Å². The van der Waals surface area contributed by atoms with Crippen molar-refractivity contribution in [1.29, 1.82) is 0 Å². The summed E-state index contributed by atoms with van der Waals surface area (Å²) in [6, 6.07) is 9.33. The van der Waals surface area contributed by atoms with Gasteiger partial charge >= 0.3 is 0 Å². The van der Waals surface area contributed by atoms with Gasteiger partial charge in [0.15, 0.2) is 9.84 Å². The van der Waals surface area contributed by atoms with Crippen LogP contribution >= 0.6 is 0 Å². The summed E-state index contributed by atoms with van der Waals surface area (Å²) >= 11 is 0. The number of hydrogen-bond acceptors (Lipinski definition) is 5. The maximum Gasteiger partial charge on any atom is 0.237 e. The first-order valence-electron chi connectivity index (χ1n) is 8.48. The van der Waals surface area contributed by atoms with Crippen LogP contribution in [-0.4, -0.2) is 73.8 Å². The van der Waals surface area contributed by atoms with E-state index in [-0.39, 0.29) is 42.8 Å². The highest BCUT2D eigenvalue weighted by Gasteiger charge is 2.34. The molecule has 1 unspecified atom stereocenters. The number of rotatable bonds is 4. The van der Waals surface area contributed by atoms with Crippen molar-refractivity contribution in [1.82, 2.24) is 15.1 Å². The summed E-state index contributed by atoms with van der Waals surface area (Å²) in [5.41, 5.74) is 1.10. The number of piperazine rings is 1. The van der Waals surface area contributed by atoms with Gasteiger partial charge in [0.2, 0.25) is 11.8 Å². The Balaban J connectivity index is 1.65. The largest absolute Gasteiger partial charge is 0.353 e. The van der Waals surface area contributed by atoms with Gasteiger partial charge in [-0.05, 0) is 5.56 Å². The van der Waals surface area contributed by atoms with E-state index in [4.69, 9.17) is 0 Å². The van der Waals surface area contributed by atoms with Gasteiger partial charge in [-0.1, -0.05) is 30.3 Å². The molecule has 0 aliphatic carbocycles. The number of hydrogen-bond donors (Lipinski definition) is 1.